The van der Waals surface area contributed by atoms with Crippen LogP contribution >= 0.6 is 0 Å². The molecule has 0 radical (unpaired) electrons. The van der Waals surface area contributed by atoms with E-state index in [0.717, 1.165) is 17.7 Å². The first kappa shape index (κ1) is 17.1. The highest BCUT2D eigenvalue weighted by Crippen LogP contribution is 2.51. The second-order valence-corrected chi connectivity index (χ2v) is 8.07. The SMILES string of the molecule is CN(C)CCC1(c2ccc(CN3Cc4c(N)cccc4C3=O)cc2)CC1. The van der Waals surface area contributed by atoms with Gasteiger partial charge in [-0.15, -0.1) is 0 Å². The Bertz CT molecular complexity index is 822. The molecular weight excluding hydrogens is 322 g/mol. The zero-order valence-corrected chi connectivity index (χ0v) is 15.7. The van der Waals surface area contributed by atoms with Crippen LogP contribution in [0.2, 0.25) is 0 Å². The minimum atomic E-state index is 0.0843. The summed E-state index contributed by atoms with van der Waals surface area (Å²) < 4.78 is 0. The van der Waals surface area contributed by atoms with Crippen LogP contribution in [0.4, 0.5) is 5.69 Å². The first-order valence-electron chi connectivity index (χ1n) is 9.39. The van der Waals surface area contributed by atoms with Crippen molar-refractivity contribution >= 4 is 11.6 Å². The highest BCUT2D eigenvalue weighted by molar-refractivity contribution is 5.99. The number of hydrogen-bond acceptors (Lipinski definition) is 3. The van der Waals surface area contributed by atoms with Crippen molar-refractivity contribution in [3.8, 4) is 0 Å². The molecule has 0 bridgehead atoms. The minimum absolute atomic E-state index is 0.0843. The number of nitrogen functional groups attached to an aromatic ring is 1. The summed E-state index contributed by atoms with van der Waals surface area (Å²) >= 11 is 0. The zero-order chi connectivity index (χ0) is 18.3. The standard InChI is InChI=1S/C22H27N3O/c1-24(2)13-12-22(10-11-22)17-8-6-16(7-9-17)14-25-15-19-18(21(25)26)4-3-5-20(19)23/h3-9H,10-15,23H2,1-2H3. The lowest BCUT2D eigenvalue weighted by atomic mass is 9.91. The summed E-state index contributed by atoms with van der Waals surface area (Å²) in [6.45, 7) is 2.37. The first-order chi connectivity index (χ1) is 12.5. The van der Waals surface area contributed by atoms with Gasteiger partial charge in [-0.1, -0.05) is 30.3 Å². The Hall–Kier alpha value is -2.33. The van der Waals surface area contributed by atoms with Crippen LogP contribution in [0.1, 0.15) is 46.3 Å². The first-order valence-corrected chi connectivity index (χ1v) is 9.39. The number of fused-ring (bicyclic) bond motifs is 1. The minimum Gasteiger partial charge on any atom is -0.398 e. The number of benzene rings is 2. The predicted octanol–water partition coefficient (Wildman–Crippen LogP) is 3.41. The van der Waals surface area contributed by atoms with Gasteiger partial charge in [-0.05, 0) is 68.6 Å². The lowest BCUT2D eigenvalue weighted by Crippen LogP contribution is -2.23. The molecule has 2 aromatic carbocycles. The van der Waals surface area contributed by atoms with Crippen molar-refractivity contribution in [1.29, 1.82) is 0 Å². The van der Waals surface area contributed by atoms with E-state index in [1.165, 1.54) is 30.4 Å². The fraction of sp³-hybridized carbons (Fsp3) is 0.409. The number of hydrogen-bond donors (Lipinski definition) is 1. The molecular formula is C22H27N3O. The maximum atomic E-state index is 12.6. The van der Waals surface area contributed by atoms with Gasteiger partial charge < -0.3 is 15.5 Å². The van der Waals surface area contributed by atoms with Crippen LogP contribution in [0.5, 0.6) is 0 Å². The maximum Gasteiger partial charge on any atom is 0.254 e. The molecule has 2 aliphatic rings. The van der Waals surface area contributed by atoms with E-state index < -0.39 is 0 Å². The van der Waals surface area contributed by atoms with E-state index in [1.807, 2.05) is 23.1 Å². The van der Waals surface area contributed by atoms with E-state index in [1.54, 1.807) is 0 Å². The number of rotatable bonds is 6. The van der Waals surface area contributed by atoms with Crippen molar-refractivity contribution < 1.29 is 4.79 Å². The molecule has 0 unspecified atom stereocenters. The molecule has 26 heavy (non-hydrogen) atoms. The second kappa shape index (κ2) is 6.44. The summed E-state index contributed by atoms with van der Waals surface area (Å²) in [6, 6.07) is 14.5. The van der Waals surface area contributed by atoms with E-state index in [9.17, 15) is 4.79 Å². The average molecular weight is 349 g/mol. The third-order valence-electron chi connectivity index (χ3n) is 5.91. The number of nitrogens with zero attached hydrogens (tertiary/aromatic N) is 2. The van der Waals surface area contributed by atoms with Crippen molar-refractivity contribution in [3.05, 3.63) is 64.7 Å². The topological polar surface area (TPSA) is 49.6 Å². The molecule has 2 aromatic rings. The third kappa shape index (κ3) is 3.10. The third-order valence-corrected chi connectivity index (χ3v) is 5.91. The monoisotopic (exact) mass is 349 g/mol. The van der Waals surface area contributed by atoms with Crippen LogP contribution in [-0.2, 0) is 18.5 Å². The van der Waals surface area contributed by atoms with Gasteiger partial charge in [0.05, 0.1) is 0 Å². The largest absolute Gasteiger partial charge is 0.398 e. The molecule has 1 aliphatic carbocycles. The molecule has 0 spiro atoms. The van der Waals surface area contributed by atoms with Gasteiger partial charge in [0.25, 0.3) is 5.91 Å². The summed E-state index contributed by atoms with van der Waals surface area (Å²) in [7, 11) is 4.27. The van der Waals surface area contributed by atoms with Crippen molar-refractivity contribution in [1.82, 2.24) is 9.80 Å². The van der Waals surface area contributed by atoms with Crippen molar-refractivity contribution in [2.24, 2.45) is 0 Å². The summed E-state index contributed by atoms with van der Waals surface area (Å²) in [5, 5.41) is 0. The molecule has 0 atom stereocenters. The van der Waals surface area contributed by atoms with Gasteiger partial charge in [0.2, 0.25) is 0 Å². The highest BCUT2D eigenvalue weighted by atomic mass is 16.2. The number of anilines is 1. The molecule has 4 rings (SSSR count). The lowest BCUT2D eigenvalue weighted by molar-refractivity contribution is 0.0767. The Morgan fingerprint density at radius 2 is 1.85 bits per heavy atom. The van der Waals surface area contributed by atoms with E-state index in [4.69, 9.17) is 5.73 Å². The van der Waals surface area contributed by atoms with Crippen LogP contribution in [0.25, 0.3) is 0 Å². The van der Waals surface area contributed by atoms with E-state index in [0.29, 0.717) is 24.2 Å². The van der Waals surface area contributed by atoms with Crippen LogP contribution in [0.15, 0.2) is 42.5 Å². The molecule has 1 fully saturated rings. The molecule has 4 heteroatoms. The Morgan fingerprint density at radius 3 is 2.46 bits per heavy atom. The summed E-state index contributed by atoms with van der Waals surface area (Å²) in [5.41, 5.74) is 11.5. The number of nitrogens with two attached hydrogens (primary N) is 1. The molecule has 1 aliphatic heterocycles. The Labute approximate surface area is 155 Å². The Kier molecular flexibility index (Phi) is 4.23. The molecule has 136 valence electrons. The van der Waals surface area contributed by atoms with Gasteiger partial charge in [-0.2, -0.15) is 0 Å². The Balaban J connectivity index is 1.44. The van der Waals surface area contributed by atoms with Gasteiger partial charge in [-0.3, -0.25) is 4.79 Å². The van der Waals surface area contributed by atoms with E-state index >= 15 is 0 Å². The predicted molar refractivity (Wildman–Crippen MR) is 105 cm³/mol. The van der Waals surface area contributed by atoms with Crippen molar-refractivity contribution in [2.45, 2.75) is 37.8 Å². The maximum absolute atomic E-state index is 12.6. The van der Waals surface area contributed by atoms with Gasteiger partial charge in [-0.25, -0.2) is 0 Å². The molecule has 4 nitrogen and oxygen atoms in total. The molecule has 0 aromatic heterocycles. The lowest BCUT2D eigenvalue weighted by Gasteiger charge is -2.20. The molecule has 0 saturated heterocycles. The van der Waals surface area contributed by atoms with Crippen LogP contribution < -0.4 is 5.73 Å². The van der Waals surface area contributed by atoms with E-state index in [2.05, 4.69) is 43.3 Å². The van der Waals surface area contributed by atoms with E-state index in [-0.39, 0.29) is 5.91 Å². The Morgan fingerprint density at radius 1 is 1.12 bits per heavy atom. The fourth-order valence-corrected chi connectivity index (χ4v) is 4.00. The second-order valence-electron chi connectivity index (χ2n) is 8.07. The van der Waals surface area contributed by atoms with Crippen molar-refractivity contribution in [3.63, 3.8) is 0 Å². The number of carbonyl (C=O) groups is 1. The summed E-state index contributed by atoms with van der Waals surface area (Å²) in [5.74, 6) is 0.0843. The number of amides is 1. The molecule has 1 saturated carbocycles. The van der Waals surface area contributed by atoms with Gasteiger partial charge in [0, 0.05) is 29.9 Å². The summed E-state index contributed by atoms with van der Waals surface area (Å²) in [6.07, 6.45) is 3.80. The molecule has 2 N–H and O–H groups in total. The highest BCUT2D eigenvalue weighted by Gasteiger charge is 2.43. The van der Waals surface area contributed by atoms with Gasteiger partial charge >= 0.3 is 0 Å². The molecule has 1 heterocycles. The van der Waals surface area contributed by atoms with Crippen LogP contribution in [0, 0.1) is 0 Å². The zero-order valence-electron chi connectivity index (χ0n) is 15.7. The van der Waals surface area contributed by atoms with Gasteiger partial charge in [0.1, 0.15) is 0 Å². The quantitative estimate of drug-likeness (QED) is 0.813. The molecule has 1 amide bonds. The van der Waals surface area contributed by atoms with Crippen molar-refractivity contribution in [2.75, 3.05) is 26.4 Å². The van der Waals surface area contributed by atoms with Crippen LogP contribution in [-0.4, -0.2) is 36.3 Å². The normalized spacial score (nSPS) is 17.7. The van der Waals surface area contributed by atoms with Gasteiger partial charge in [0.15, 0.2) is 0 Å². The van der Waals surface area contributed by atoms with Crippen LogP contribution in [0.3, 0.4) is 0 Å². The summed E-state index contributed by atoms with van der Waals surface area (Å²) in [4.78, 5) is 16.7. The average Bonchev–Trinajstić information content (AvgIpc) is 3.35. The smallest absolute Gasteiger partial charge is 0.254 e. The number of carbonyl (C=O) groups excluding carboxylic acids is 1. The fourth-order valence-electron chi connectivity index (χ4n) is 4.00.